The van der Waals surface area contributed by atoms with E-state index in [1.807, 2.05) is 11.3 Å². The Morgan fingerprint density at radius 3 is 2.64 bits per heavy atom. The van der Waals surface area contributed by atoms with Gasteiger partial charge in [0.2, 0.25) is 0 Å². The van der Waals surface area contributed by atoms with Gasteiger partial charge in [-0.25, -0.2) is 0 Å². The van der Waals surface area contributed by atoms with Gasteiger partial charge in [-0.05, 0) is 68.2 Å². The fraction of sp³-hybridized carbons (Fsp3) is 0.722. The minimum atomic E-state index is 0.861. The molecule has 0 aliphatic heterocycles. The monoisotopic (exact) mass is 319 g/mol. The Hall–Kier alpha value is -1.03. The van der Waals surface area contributed by atoms with Gasteiger partial charge in [-0.15, -0.1) is 11.3 Å². The molecule has 1 aromatic rings. The molecule has 0 bridgehead atoms. The third-order valence-electron chi connectivity index (χ3n) is 4.88. The fourth-order valence-electron chi connectivity index (χ4n) is 3.23. The van der Waals surface area contributed by atoms with Gasteiger partial charge in [0.1, 0.15) is 0 Å². The van der Waals surface area contributed by atoms with Crippen molar-refractivity contribution in [2.45, 2.75) is 39.0 Å². The van der Waals surface area contributed by atoms with E-state index in [0.29, 0.717) is 0 Å². The normalized spacial score (nSPS) is 18.8. The topological polar surface area (TPSA) is 27.6 Å². The number of rotatable bonds is 8. The fourth-order valence-corrected chi connectivity index (χ4v) is 3.93. The molecule has 1 heterocycles. The molecular formula is C18H29N3S. The lowest BCUT2D eigenvalue weighted by Crippen LogP contribution is -2.40. The van der Waals surface area contributed by atoms with E-state index in [4.69, 9.17) is 4.99 Å². The molecule has 0 spiro atoms. The second-order valence-electron chi connectivity index (χ2n) is 6.78. The van der Waals surface area contributed by atoms with Gasteiger partial charge in [-0.3, -0.25) is 4.99 Å². The Labute approximate surface area is 138 Å². The summed E-state index contributed by atoms with van der Waals surface area (Å²) in [4.78, 5) is 8.72. The summed E-state index contributed by atoms with van der Waals surface area (Å²) in [5.41, 5.74) is 0. The maximum absolute atomic E-state index is 4.97. The van der Waals surface area contributed by atoms with E-state index in [-0.39, 0.29) is 0 Å². The molecule has 1 N–H and O–H groups in total. The molecule has 3 rings (SSSR count). The molecule has 0 unspecified atom stereocenters. The molecule has 22 heavy (non-hydrogen) atoms. The average molecular weight is 320 g/mol. The van der Waals surface area contributed by atoms with Crippen LogP contribution in [-0.2, 0) is 6.42 Å². The first-order valence-electron chi connectivity index (χ1n) is 8.79. The molecule has 2 fully saturated rings. The minimum absolute atomic E-state index is 0.861. The maximum Gasteiger partial charge on any atom is 0.193 e. The number of hydrogen-bond acceptors (Lipinski definition) is 2. The van der Waals surface area contributed by atoms with Gasteiger partial charge in [-0.1, -0.05) is 6.07 Å². The molecule has 2 saturated carbocycles. The van der Waals surface area contributed by atoms with E-state index in [0.717, 1.165) is 49.8 Å². The highest BCUT2D eigenvalue weighted by Gasteiger charge is 2.41. The van der Waals surface area contributed by atoms with Crippen molar-refractivity contribution in [3.05, 3.63) is 22.4 Å². The molecule has 0 radical (unpaired) electrons. The van der Waals surface area contributed by atoms with Gasteiger partial charge in [0.25, 0.3) is 0 Å². The predicted octanol–water partition coefficient (Wildman–Crippen LogP) is 3.62. The van der Waals surface area contributed by atoms with E-state index in [9.17, 15) is 0 Å². The van der Waals surface area contributed by atoms with Gasteiger partial charge in [0, 0.05) is 31.6 Å². The van der Waals surface area contributed by atoms with Crippen LogP contribution < -0.4 is 5.32 Å². The van der Waals surface area contributed by atoms with E-state index >= 15 is 0 Å². The Balaban J connectivity index is 1.54. The highest BCUT2D eigenvalue weighted by Crippen LogP contribution is 2.49. The second-order valence-corrected chi connectivity index (χ2v) is 7.82. The Morgan fingerprint density at radius 1 is 1.36 bits per heavy atom. The van der Waals surface area contributed by atoms with E-state index in [1.165, 1.54) is 30.6 Å². The summed E-state index contributed by atoms with van der Waals surface area (Å²) < 4.78 is 0. The van der Waals surface area contributed by atoms with Crippen molar-refractivity contribution in [3.8, 4) is 0 Å². The number of hydrogen-bond donors (Lipinski definition) is 1. The van der Waals surface area contributed by atoms with Crippen LogP contribution in [-0.4, -0.2) is 37.5 Å². The van der Waals surface area contributed by atoms with Crippen LogP contribution in [0.1, 0.15) is 37.5 Å². The van der Waals surface area contributed by atoms with Crippen molar-refractivity contribution in [2.24, 2.45) is 22.7 Å². The van der Waals surface area contributed by atoms with E-state index in [1.54, 1.807) is 0 Å². The molecular weight excluding hydrogens is 290 g/mol. The lowest BCUT2D eigenvalue weighted by molar-refractivity contribution is 0.410. The molecule has 0 saturated heterocycles. The summed E-state index contributed by atoms with van der Waals surface area (Å²) >= 11 is 1.85. The third kappa shape index (κ3) is 4.48. The number of nitrogens with one attached hydrogen (secondary N) is 1. The SMILES string of the molecule is CCNC(=NCC(C1CC1)C1CC1)N(C)CCc1cccs1. The minimum Gasteiger partial charge on any atom is -0.357 e. The van der Waals surface area contributed by atoms with Crippen LogP contribution >= 0.6 is 11.3 Å². The van der Waals surface area contributed by atoms with Crippen LogP contribution in [0.25, 0.3) is 0 Å². The lowest BCUT2D eigenvalue weighted by atomic mass is 9.98. The summed E-state index contributed by atoms with van der Waals surface area (Å²) in [5, 5.41) is 5.62. The Kier molecular flexibility index (Phi) is 5.40. The van der Waals surface area contributed by atoms with Gasteiger partial charge in [-0.2, -0.15) is 0 Å². The summed E-state index contributed by atoms with van der Waals surface area (Å²) in [6.07, 6.45) is 6.89. The summed E-state index contributed by atoms with van der Waals surface area (Å²) in [5.74, 6) is 3.91. The quantitative estimate of drug-likeness (QED) is 0.585. The highest BCUT2D eigenvalue weighted by molar-refractivity contribution is 7.09. The average Bonchev–Trinajstić information content (AvgIpc) is 3.45. The van der Waals surface area contributed by atoms with Crippen LogP contribution in [0.4, 0.5) is 0 Å². The smallest absolute Gasteiger partial charge is 0.193 e. The number of likely N-dealkylation sites (N-methyl/N-ethyl adjacent to an activating group) is 1. The molecule has 0 amide bonds. The Bertz CT molecular complexity index is 463. The van der Waals surface area contributed by atoms with Crippen molar-refractivity contribution in [2.75, 3.05) is 26.7 Å². The molecule has 122 valence electrons. The van der Waals surface area contributed by atoms with Gasteiger partial charge in [0.05, 0.1) is 0 Å². The molecule has 2 aliphatic rings. The van der Waals surface area contributed by atoms with Crippen LogP contribution in [0.15, 0.2) is 22.5 Å². The van der Waals surface area contributed by atoms with Crippen LogP contribution in [0.2, 0.25) is 0 Å². The largest absolute Gasteiger partial charge is 0.357 e. The zero-order valence-electron chi connectivity index (χ0n) is 13.9. The number of nitrogens with zero attached hydrogens (tertiary/aromatic N) is 2. The van der Waals surface area contributed by atoms with Crippen LogP contribution in [0.5, 0.6) is 0 Å². The number of guanidine groups is 1. The van der Waals surface area contributed by atoms with Crippen molar-refractivity contribution in [3.63, 3.8) is 0 Å². The Morgan fingerprint density at radius 2 is 2.09 bits per heavy atom. The maximum atomic E-state index is 4.97. The molecule has 3 nitrogen and oxygen atoms in total. The first-order valence-corrected chi connectivity index (χ1v) is 9.67. The second kappa shape index (κ2) is 7.49. The van der Waals surface area contributed by atoms with Crippen LogP contribution in [0.3, 0.4) is 0 Å². The predicted molar refractivity (Wildman–Crippen MR) is 95.6 cm³/mol. The first-order chi connectivity index (χ1) is 10.8. The summed E-state index contributed by atoms with van der Waals surface area (Å²) in [7, 11) is 2.17. The van der Waals surface area contributed by atoms with Crippen molar-refractivity contribution < 1.29 is 0 Å². The zero-order valence-corrected chi connectivity index (χ0v) is 14.7. The highest BCUT2D eigenvalue weighted by atomic mass is 32.1. The molecule has 2 aliphatic carbocycles. The molecule has 4 heteroatoms. The third-order valence-corrected chi connectivity index (χ3v) is 5.81. The summed E-state index contributed by atoms with van der Waals surface area (Å²) in [6, 6.07) is 4.36. The van der Waals surface area contributed by atoms with Gasteiger partial charge < -0.3 is 10.2 Å². The van der Waals surface area contributed by atoms with Crippen molar-refractivity contribution >= 4 is 17.3 Å². The molecule has 0 aromatic carbocycles. The van der Waals surface area contributed by atoms with E-state index in [2.05, 4.69) is 41.7 Å². The van der Waals surface area contributed by atoms with Gasteiger partial charge >= 0.3 is 0 Å². The standard InChI is InChI=1S/C18H29N3S/c1-3-19-18(21(2)11-10-16-5-4-12-22-16)20-13-17(14-6-7-14)15-8-9-15/h4-5,12,14-15,17H,3,6-11,13H2,1-2H3,(H,19,20). The molecule has 0 atom stereocenters. The lowest BCUT2D eigenvalue weighted by Gasteiger charge is -2.23. The number of thiophene rings is 1. The first kappa shape index (κ1) is 15.9. The van der Waals surface area contributed by atoms with Gasteiger partial charge in [0.15, 0.2) is 5.96 Å². The van der Waals surface area contributed by atoms with E-state index < -0.39 is 0 Å². The van der Waals surface area contributed by atoms with Crippen molar-refractivity contribution in [1.29, 1.82) is 0 Å². The zero-order chi connectivity index (χ0) is 15.4. The summed E-state index contributed by atoms with van der Waals surface area (Å²) in [6.45, 7) is 5.16. The molecule has 1 aromatic heterocycles. The number of aliphatic imine (C=N–C) groups is 1. The van der Waals surface area contributed by atoms with Crippen molar-refractivity contribution in [1.82, 2.24) is 10.2 Å². The van der Waals surface area contributed by atoms with Crippen LogP contribution in [0, 0.1) is 17.8 Å².